The molecule has 0 fully saturated rings. The van der Waals surface area contributed by atoms with Crippen LogP contribution >= 0.6 is 0 Å². The number of nitrogens with zero attached hydrogens (tertiary/aromatic N) is 2. The molecular formula is C19H15FN4O3. The largest absolute Gasteiger partial charge is 0.465 e. The zero-order valence-corrected chi connectivity index (χ0v) is 14.3. The maximum atomic E-state index is 13.6. The highest BCUT2D eigenvalue weighted by Gasteiger charge is 2.10. The third kappa shape index (κ3) is 4.43. The van der Waals surface area contributed by atoms with Crippen molar-refractivity contribution in [2.75, 3.05) is 17.7 Å². The summed E-state index contributed by atoms with van der Waals surface area (Å²) in [6.07, 6.45) is 2.66. The monoisotopic (exact) mass is 366 g/mol. The summed E-state index contributed by atoms with van der Waals surface area (Å²) in [4.78, 5) is 31.7. The second-order valence-corrected chi connectivity index (χ2v) is 5.42. The summed E-state index contributed by atoms with van der Waals surface area (Å²) in [7, 11) is 1.29. The van der Waals surface area contributed by atoms with Gasteiger partial charge in [0.05, 0.1) is 23.9 Å². The molecule has 3 aromatic rings. The van der Waals surface area contributed by atoms with Crippen molar-refractivity contribution in [2.45, 2.75) is 0 Å². The molecule has 1 amide bonds. The Kier molecular flexibility index (Phi) is 5.36. The minimum Gasteiger partial charge on any atom is -0.465 e. The molecule has 136 valence electrons. The zero-order chi connectivity index (χ0) is 19.2. The summed E-state index contributed by atoms with van der Waals surface area (Å²) in [5, 5.41) is 5.41. The molecule has 3 rings (SSSR count). The smallest absolute Gasteiger partial charge is 0.337 e. The molecule has 27 heavy (non-hydrogen) atoms. The Balaban J connectivity index is 1.65. The average molecular weight is 366 g/mol. The number of amides is 1. The van der Waals surface area contributed by atoms with E-state index in [-0.39, 0.29) is 17.2 Å². The molecule has 1 heterocycles. The molecule has 0 spiro atoms. The van der Waals surface area contributed by atoms with Crippen molar-refractivity contribution in [1.82, 2.24) is 9.97 Å². The number of benzene rings is 2. The lowest BCUT2D eigenvalue weighted by Crippen LogP contribution is -2.13. The predicted octanol–water partition coefficient (Wildman–Crippen LogP) is 3.40. The minimum absolute atomic E-state index is 0.166. The van der Waals surface area contributed by atoms with Gasteiger partial charge in [-0.3, -0.25) is 4.79 Å². The fraction of sp³-hybridized carbons (Fsp3) is 0.0526. The van der Waals surface area contributed by atoms with E-state index < -0.39 is 17.7 Å². The summed E-state index contributed by atoms with van der Waals surface area (Å²) >= 11 is 0. The van der Waals surface area contributed by atoms with E-state index in [9.17, 15) is 14.0 Å². The summed E-state index contributed by atoms with van der Waals surface area (Å²) < 4.78 is 18.2. The molecule has 7 nitrogen and oxygen atoms in total. The minimum atomic E-state index is -0.459. The molecule has 0 saturated heterocycles. The van der Waals surface area contributed by atoms with Crippen LogP contribution in [0.2, 0.25) is 0 Å². The van der Waals surface area contributed by atoms with Crippen LogP contribution in [0.15, 0.2) is 60.9 Å². The Labute approximate surface area is 154 Å². The van der Waals surface area contributed by atoms with Crippen molar-refractivity contribution >= 4 is 29.2 Å². The maximum Gasteiger partial charge on any atom is 0.337 e. The van der Waals surface area contributed by atoms with Crippen LogP contribution in [0.25, 0.3) is 0 Å². The second kappa shape index (κ2) is 8.05. The number of hydrogen-bond acceptors (Lipinski definition) is 6. The number of hydrogen-bond donors (Lipinski definition) is 2. The van der Waals surface area contributed by atoms with Crippen molar-refractivity contribution in [3.63, 3.8) is 0 Å². The normalized spacial score (nSPS) is 10.1. The molecule has 0 saturated carbocycles. The first-order valence-electron chi connectivity index (χ1n) is 7.90. The summed E-state index contributed by atoms with van der Waals surface area (Å²) in [6.45, 7) is 0. The SMILES string of the molecule is COC(=O)c1ccc(NC(=O)c2cnc(Nc3ccccc3F)nc2)cc1. The van der Waals surface area contributed by atoms with E-state index in [4.69, 9.17) is 0 Å². The standard InChI is InChI=1S/C19H15FN4O3/c1-27-18(26)12-6-8-14(9-7-12)23-17(25)13-10-21-19(22-11-13)24-16-5-3-2-4-15(16)20/h2-11H,1H3,(H,23,25)(H,21,22,24). The van der Waals surface area contributed by atoms with Crippen molar-refractivity contribution < 1.29 is 18.7 Å². The quantitative estimate of drug-likeness (QED) is 0.672. The van der Waals surface area contributed by atoms with Crippen molar-refractivity contribution in [3.8, 4) is 0 Å². The lowest BCUT2D eigenvalue weighted by atomic mass is 10.2. The Morgan fingerprint density at radius 3 is 2.26 bits per heavy atom. The van der Waals surface area contributed by atoms with Gasteiger partial charge in [0.15, 0.2) is 0 Å². The van der Waals surface area contributed by atoms with Gasteiger partial charge in [-0.1, -0.05) is 12.1 Å². The van der Waals surface area contributed by atoms with Crippen LogP contribution in [-0.2, 0) is 4.74 Å². The molecule has 0 aliphatic carbocycles. The van der Waals surface area contributed by atoms with E-state index in [0.717, 1.165) is 0 Å². The number of nitrogens with one attached hydrogen (secondary N) is 2. The summed E-state index contributed by atoms with van der Waals surface area (Å²) in [6, 6.07) is 12.4. The number of ether oxygens (including phenoxy) is 1. The van der Waals surface area contributed by atoms with Gasteiger partial charge < -0.3 is 15.4 Å². The van der Waals surface area contributed by atoms with Crippen LogP contribution in [0.3, 0.4) is 0 Å². The molecule has 0 aliphatic heterocycles. The fourth-order valence-corrected chi connectivity index (χ4v) is 2.20. The van der Waals surface area contributed by atoms with Gasteiger partial charge in [-0.15, -0.1) is 0 Å². The highest BCUT2D eigenvalue weighted by Crippen LogP contribution is 2.17. The van der Waals surface area contributed by atoms with Gasteiger partial charge in [0.2, 0.25) is 5.95 Å². The molecule has 0 bridgehead atoms. The topological polar surface area (TPSA) is 93.2 Å². The van der Waals surface area contributed by atoms with Gasteiger partial charge in [0.1, 0.15) is 5.82 Å². The number of rotatable bonds is 5. The first-order chi connectivity index (χ1) is 13.1. The van der Waals surface area contributed by atoms with Crippen LogP contribution < -0.4 is 10.6 Å². The number of halogens is 1. The van der Waals surface area contributed by atoms with Gasteiger partial charge in [-0.25, -0.2) is 19.2 Å². The van der Waals surface area contributed by atoms with Gasteiger partial charge in [-0.05, 0) is 36.4 Å². The third-order valence-electron chi connectivity index (χ3n) is 3.60. The van der Waals surface area contributed by atoms with E-state index in [1.54, 1.807) is 42.5 Å². The number of anilines is 3. The van der Waals surface area contributed by atoms with Crippen LogP contribution in [0.1, 0.15) is 20.7 Å². The number of carbonyl (C=O) groups is 2. The van der Waals surface area contributed by atoms with Gasteiger partial charge >= 0.3 is 5.97 Å². The van der Waals surface area contributed by atoms with Gasteiger partial charge in [-0.2, -0.15) is 0 Å². The van der Waals surface area contributed by atoms with Gasteiger partial charge in [0.25, 0.3) is 5.91 Å². The van der Waals surface area contributed by atoms with Crippen LogP contribution in [-0.4, -0.2) is 29.0 Å². The molecular weight excluding hydrogens is 351 g/mol. The molecule has 0 aliphatic rings. The lowest BCUT2D eigenvalue weighted by Gasteiger charge is -2.08. The third-order valence-corrected chi connectivity index (χ3v) is 3.60. The van der Waals surface area contributed by atoms with E-state index in [1.165, 1.54) is 25.6 Å². The molecule has 0 unspecified atom stereocenters. The maximum absolute atomic E-state index is 13.6. The molecule has 2 aromatic carbocycles. The fourth-order valence-electron chi connectivity index (χ4n) is 2.20. The number of carbonyl (C=O) groups excluding carboxylic acids is 2. The molecule has 2 N–H and O–H groups in total. The Morgan fingerprint density at radius 1 is 0.963 bits per heavy atom. The Hall–Kier alpha value is -3.81. The summed E-state index contributed by atoms with van der Waals surface area (Å²) in [5.74, 6) is -1.14. The number of methoxy groups -OCH3 is 1. The van der Waals surface area contributed by atoms with Crippen molar-refractivity contribution in [2.24, 2.45) is 0 Å². The average Bonchev–Trinajstić information content (AvgIpc) is 2.70. The molecule has 8 heteroatoms. The van der Waals surface area contributed by atoms with E-state index >= 15 is 0 Å². The number of aromatic nitrogens is 2. The highest BCUT2D eigenvalue weighted by molar-refractivity contribution is 6.04. The molecule has 0 radical (unpaired) electrons. The van der Waals surface area contributed by atoms with Crippen LogP contribution in [0.5, 0.6) is 0 Å². The van der Waals surface area contributed by atoms with E-state index in [2.05, 4.69) is 25.3 Å². The van der Waals surface area contributed by atoms with Gasteiger partial charge in [0, 0.05) is 18.1 Å². The van der Waals surface area contributed by atoms with Crippen molar-refractivity contribution in [3.05, 3.63) is 77.9 Å². The van der Waals surface area contributed by atoms with E-state index in [1.807, 2.05) is 0 Å². The van der Waals surface area contributed by atoms with E-state index in [0.29, 0.717) is 11.3 Å². The first kappa shape index (κ1) is 18.0. The highest BCUT2D eigenvalue weighted by atomic mass is 19.1. The lowest BCUT2D eigenvalue weighted by molar-refractivity contribution is 0.0600. The summed E-state index contributed by atoms with van der Waals surface area (Å²) in [5.41, 5.74) is 1.34. The Morgan fingerprint density at radius 2 is 1.63 bits per heavy atom. The van der Waals surface area contributed by atoms with Crippen LogP contribution in [0, 0.1) is 5.82 Å². The number of esters is 1. The first-order valence-corrected chi connectivity index (χ1v) is 7.90. The molecule has 1 aromatic heterocycles. The van der Waals surface area contributed by atoms with Crippen molar-refractivity contribution in [1.29, 1.82) is 0 Å². The molecule has 0 atom stereocenters. The van der Waals surface area contributed by atoms with Crippen LogP contribution in [0.4, 0.5) is 21.7 Å². The predicted molar refractivity (Wildman–Crippen MR) is 97.4 cm³/mol. The number of para-hydroxylation sites is 1. The second-order valence-electron chi connectivity index (χ2n) is 5.42. The Bertz CT molecular complexity index is 959. The zero-order valence-electron chi connectivity index (χ0n) is 14.3.